The minimum Gasteiger partial charge on any atom is -0.492 e. The van der Waals surface area contributed by atoms with E-state index in [1.54, 1.807) is 36.4 Å². The summed E-state index contributed by atoms with van der Waals surface area (Å²) in [4.78, 5) is 27.2. The van der Waals surface area contributed by atoms with Gasteiger partial charge in [-0.15, -0.1) is 0 Å². The van der Waals surface area contributed by atoms with E-state index in [1.807, 2.05) is 24.0 Å². The Bertz CT molecular complexity index is 829. The third-order valence-electron chi connectivity index (χ3n) is 4.88. The SMILES string of the molecule is CCOc1ccccc1NC(=O)c1ccccc1OCC(=O)N1CCCCCC1. The molecule has 0 aliphatic carbocycles. The van der Waals surface area contributed by atoms with Gasteiger partial charge in [0.2, 0.25) is 0 Å². The topological polar surface area (TPSA) is 67.9 Å². The summed E-state index contributed by atoms with van der Waals surface area (Å²) in [6.45, 7) is 3.88. The Morgan fingerprint density at radius 2 is 1.55 bits per heavy atom. The second kappa shape index (κ2) is 10.5. The first kappa shape index (κ1) is 20.7. The van der Waals surface area contributed by atoms with Crippen LogP contribution in [-0.4, -0.2) is 43.0 Å². The number of nitrogens with one attached hydrogen (secondary N) is 1. The third kappa shape index (κ3) is 5.73. The smallest absolute Gasteiger partial charge is 0.260 e. The number of likely N-dealkylation sites (tertiary alicyclic amines) is 1. The standard InChI is InChI=1S/C23H28N2O4/c1-2-28-21-14-8-6-12-19(21)24-23(27)18-11-5-7-13-20(18)29-17-22(26)25-15-9-3-4-10-16-25/h5-8,11-14H,2-4,9-10,15-17H2,1H3,(H,24,27). The van der Waals surface area contributed by atoms with E-state index >= 15 is 0 Å². The average Bonchev–Trinajstić information content (AvgIpc) is 3.03. The maximum atomic E-state index is 12.8. The monoisotopic (exact) mass is 396 g/mol. The molecule has 0 atom stereocenters. The molecule has 1 aliphatic heterocycles. The Kier molecular flexibility index (Phi) is 7.50. The molecule has 0 radical (unpaired) electrons. The molecule has 0 unspecified atom stereocenters. The lowest BCUT2D eigenvalue weighted by Crippen LogP contribution is -2.35. The molecule has 0 spiro atoms. The summed E-state index contributed by atoms with van der Waals surface area (Å²) in [5.74, 6) is 0.652. The zero-order chi connectivity index (χ0) is 20.5. The number of rotatable bonds is 7. The minimum absolute atomic E-state index is 0.0381. The van der Waals surface area contributed by atoms with Crippen LogP contribution in [0, 0.1) is 0 Å². The van der Waals surface area contributed by atoms with Gasteiger partial charge < -0.3 is 19.7 Å². The maximum Gasteiger partial charge on any atom is 0.260 e. The first-order chi connectivity index (χ1) is 14.2. The van der Waals surface area contributed by atoms with Crippen LogP contribution in [0.1, 0.15) is 43.0 Å². The van der Waals surface area contributed by atoms with Gasteiger partial charge >= 0.3 is 0 Å². The Morgan fingerprint density at radius 1 is 0.897 bits per heavy atom. The zero-order valence-corrected chi connectivity index (χ0v) is 16.9. The molecule has 29 heavy (non-hydrogen) atoms. The van der Waals surface area contributed by atoms with Crippen molar-refractivity contribution in [2.75, 3.05) is 31.6 Å². The van der Waals surface area contributed by atoms with E-state index in [-0.39, 0.29) is 18.4 Å². The van der Waals surface area contributed by atoms with Gasteiger partial charge in [0, 0.05) is 13.1 Å². The molecule has 154 valence electrons. The van der Waals surface area contributed by atoms with Gasteiger partial charge in [-0.3, -0.25) is 9.59 Å². The number of benzene rings is 2. The Balaban J connectivity index is 1.67. The van der Waals surface area contributed by atoms with E-state index in [9.17, 15) is 9.59 Å². The Hall–Kier alpha value is -3.02. The highest BCUT2D eigenvalue weighted by Gasteiger charge is 2.18. The molecule has 1 heterocycles. The van der Waals surface area contributed by atoms with Crippen molar-refractivity contribution in [3.05, 3.63) is 54.1 Å². The van der Waals surface area contributed by atoms with E-state index in [0.29, 0.717) is 29.4 Å². The van der Waals surface area contributed by atoms with Gasteiger partial charge in [0.15, 0.2) is 6.61 Å². The van der Waals surface area contributed by atoms with E-state index < -0.39 is 0 Å². The normalized spacial score (nSPS) is 14.0. The van der Waals surface area contributed by atoms with Crippen molar-refractivity contribution in [1.29, 1.82) is 0 Å². The van der Waals surface area contributed by atoms with Crippen molar-refractivity contribution < 1.29 is 19.1 Å². The number of ether oxygens (including phenoxy) is 2. The number of carbonyl (C=O) groups excluding carboxylic acids is 2. The summed E-state index contributed by atoms with van der Waals surface area (Å²) in [6, 6.07) is 14.2. The number of nitrogens with zero attached hydrogens (tertiary/aromatic N) is 1. The number of anilines is 1. The fourth-order valence-corrected chi connectivity index (χ4v) is 3.37. The molecule has 2 aromatic rings. The van der Waals surface area contributed by atoms with Crippen LogP contribution in [0.3, 0.4) is 0 Å². The van der Waals surface area contributed by atoms with E-state index in [2.05, 4.69) is 5.32 Å². The van der Waals surface area contributed by atoms with Crippen molar-refractivity contribution in [2.45, 2.75) is 32.6 Å². The molecule has 2 aromatic carbocycles. The van der Waals surface area contributed by atoms with Crippen LogP contribution in [0.15, 0.2) is 48.5 Å². The van der Waals surface area contributed by atoms with Gasteiger partial charge in [0.1, 0.15) is 11.5 Å². The summed E-state index contributed by atoms with van der Waals surface area (Å²) in [7, 11) is 0. The predicted molar refractivity (Wildman–Crippen MR) is 113 cm³/mol. The molecular weight excluding hydrogens is 368 g/mol. The van der Waals surface area contributed by atoms with E-state index in [1.165, 1.54) is 0 Å². The molecule has 1 N–H and O–H groups in total. The quantitative estimate of drug-likeness (QED) is 0.764. The van der Waals surface area contributed by atoms with Gasteiger partial charge in [0.25, 0.3) is 11.8 Å². The Labute approximate surface area is 171 Å². The summed E-state index contributed by atoms with van der Waals surface area (Å²) >= 11 is 0. The van der Waals surface area contributed by atoms with Crippen LogP contribution < -0.4 is 14.8 Å². The molecule has 1 saturated heterocycles. The van der Waals surface area contributed by atoms with Gasteiger partial charge in [-0.05, 0) is 44.0 Å². The van der Waals surface area contributed by atoms with Gasteiger partial charge in [-0.1, -0.05) is 37.1 Å². The van der Waals surface area contributed by atoms with Crippen molar-refractivity contribution in [2.24, 2.45) is 0 Å². The number of amides is 2. The maximum absolute atomic E-state index is 12.8. The fraction of sp³-hybridized carbons (Fsp3) is 0.391. The van der Waals surface area contributed by atoms with Crippen LogP contribution in [0.25, 0.3) is 0 Å². The highest BCUT2D eigenvalue weighted by Crippen LogP contribution is 2.26. The predicted octanol–water partition coefficient (Wildman–Crippen LogP) is 4.12. The molecule has 6 nitrogen and oxygen atoms in total. The van der Waals surface area contributed by atoms with Crippen LogP contribution in [0.5, 0.6) is 11.5 Å². The van der Waals surface area contributed by atoms with Gasteiger partial charge in [0.05, 0.1) is 17.9 Å². The summed E-state index contributed by atoms with van der Waals surface area (Å²) in [5, 5.41) is 2.87. The van der Waals surface area contributed by atoms with Crippen molar-refractivity contribution in [1.82, 2.24) is 4.90 Å². The summed E-state index contributed by atoms with van der Waals surface area (Å²) in [6.07, 6.45) is 4.39. The Morgan fingerprint density at radius 3 is 2.28 bits per heavy atom. The van der Waals surface area contributed by atoms with Gasteiger partial charge in [-0.2, -0.15) is 0 Å². The number of para-hydroxylation sites is 3. The highest BCUT2D eigenvalue weighted by atomic mass is 16.5. The van der Waals surface area contributed by atoms with Crippen molar-refractivity contribution in [3.63, 3.8) is 0 Å². The molecule has 0 saturated carbocycles. The number of hydrogen-bond acceptors (Lipinski definition) is 4. The summed E-state index contributed by atoms with van der Waals surface area (Å²) in [5.41, 5.74) is 0.970. The number of carbonyl (C=O) groups is 2. The van der Waals surface area contributed by atoms with Crippen molar-refractivity contribution in [3.8, 4) is 11.5 Å². The third-order valence-corrected chi connectivity index (χ3v) is 4.88. The summed E-state index contributed by atoms with van der Waals surface area (Å²) < 4.78 is 11.3. The number of hydrogen-bond donors (Lipinski definition) is 1. The largest absolute Gasteiger partial charge is 0.492 e. The fourth-order valence-electron chi connectivity index (χ4n) is 3.37. The van der Waals surface area contributed by atoms with Crippen LogP contribution in [0.4, 0.5) is 5.69 Å². The molecule has 3 rings (SSSR count). The van der Waals surface area contributed by atoms with Crippen LogP contribution in [-0.2, 0) is 4.79 Å². The highest BCUT2D eigenvalue weighted by molar-refractivity contribution is 6.06. The zero-order valence-electron chi connectivity index (χ0n) is 16.9. The lowest BCUT2D eigenvalue weighted by atomic mass is 10.1. The van der Waals surface area contributed by atoms with Gasteiger partial charge in [-0.25, -0.2) is 0 Å². The second-order valence-electron chi connectivity index (χ2n) is 6.96. The average molecular weight is 396 g/mol. The van der Waals surface area contributed by atoms with E-state index in [4.69, 9.17) is 9.47 Å². The van der Waals surface area contributed by atoms with Crippen molar-refractivity contribution >= 4 is 17.5 Å². The first-order valence-electron chi connectivity index (χ1n) is 10.2. The molecular formula is C23H28N2O4. The van der Waals surface area contributed by atoms with E-state index in [0.717, 1.165) is 38.8 Å². The van der Waals surface area contributed by atoms with Crippen LogP contribution in [0.2, 0.25) is 0 Å². The molecule has 6 heteroatoms. The first-order valence-corrected chi connectivity index (χ1v) is 10.2. The second-order valence-corrected chi connectivity index (χ2v) is 6.96. The molecule has 0 aromatic heterocycles. The molecule has 2 amide bonds. The molecule has 1 fully saturated rings. The lowest BCUT2D eigenvalue weighted by Gasteiger charge is -2.20. The molecule has 0 bridgehead atoms. The van der Waals surface area contributed by atoms with Crippen LogP contribution >= 0.6 is 0 Å². The molecule has 1 aliphatic rings. The lowest BCUT2D eigenvalue weighted by molar-refractivity contribution is -0.133. The minimum atomic E-state index is -0.310.